The SMILES string of the molecule is O=S(=O)(C(F)(F)F)S(=O)(=O)C(F)(F)C(F)(F)N(C(F)(F)F)C(F)(F)F. The van der Waals surface area contributed by atoms with Gasteiger partial charge in [0.25, 0.3) is 0 Å². The Bertz CT molecular complexity index is 697. The number of nitrogens with zero attached hydrogens (tertiary/aromatic N) is 1. The van der Waals surface area contributed by atoms with Crippen LogP contribution in [0, 0.1) is 0 Å². The Morgan fingerprint density at radius 2 is 0.800 bits per heavy atom. The van der Waals surface area contributed by atoms with Crippen LogP contribution in [0.5, 0.6) is 0 Å². The molecule has 0 aliphatic heterocycles. The summed E-state index contributed by atoms with van der Waals surface area (Å²) in [5.74, 6) is 0. The molecule has 0 fully saturated rings. The Balaban J connectivity index is 6.79. The first-order chi connectivity index (χ1) is 10.4. The molecule has 5 nitrogen and oxygen atoms in total. The lowest BCUT2D eigenvalue weighted by atomic mass is 10.5. The van der Waals surface area contributed by atoms with Crippen LogP contribution in [0.3, 0.4) is 0 Å². The normalized spacial score (nSPS) is 16.4. The number of alkyl halides is 13. The van der Waals surface area contributed by atoms with Gasteiger partial charge in [0.2, 0.25) is 0 Å². The minimum absolute atomic E-state index is 4.35. The van der Waals surface area contributed by atoms with E-state index in [1.807, 2.05) is 0 Å². The van der Waals surface area contributed by atoms with Gasteiger partial charge in [0.05, 0.1) is 0 Å². The highest BCUT2D eigenvalue weighted by Crippen LogP contribution is 2.52. The molecule has 0 unspecified atom stereocenters. The summed E-state index contributed by atoms with van der Waals surface area (Å²) >= 11 is 0. The number of hydrogen-bond acceptors (Lipinski definition) is 5. The van der Waals surface area contributed by atoms with Crippen molar-refractivity contribution in [1.29, 1.82) is 0 Å². The fraction of sp³-hybridized carbons (Fsp3) is 1.00. The van der Waals surface area contributed by atoms with Crippen LogP contribution in [-0.2, 0) is 17.7 Å². The highest BCUT2D eigenvalue weighted by molar-refractivity contribution is 8.67. The molecule has 0 atom stereocenters. The summed E-state index contributed by atoms with van der Waals surface area (Å²) in [5, 5.41) is -8.01. The smallest absolute Gasteiger partial charge is 0.205 e. The predicted molar refractivity (Wildman–Crippen MR) is 47.7 cm³/mol. The standard InChI is InChI=1S/C5F13NO4S2/c6-1(7,19(3(10,11)12)4(13,14)15)2(8,9)24(20,21)25(22,23)5(16,17)18. The molecule has 152 valence electrons. The largest absolute Gasteiger partial charge is 0.512 e. The Morgan fingerprint density at radius 3 is 1.00 bits per heavy atom. The van der Waals surface area contributed by atoms with Gasteiger partial charge in [-0.3, -0.25) is 0 Å². The molecule has 0 rings (SSSR count). The average molecular weight is 449 g/mol. The van der Waals surface area contributed by atoms with E-state index in [4.69, 9.17) is 0 Å². The summed E-state index contributed by atoms with van der Waals surface area (Å²) in [7, 11) is -17.1. The monoisotopic (exact) mass is 449 g/mol. The molecule has 0 aliphatic rings. The van der Waals surface area contributed by atoms with Crippen molar-refractivity contribution >= 4 is 17.7 Å². The highest BCUT2D eigenvalue weighted by Gasteiger charge is 2.82. The molecule has 0 aromatic carbocycles. The van der Waals surface area contributed by atoms with Crippen LogP contribution < -0.4 is 0 Å². The molecule has 25 heavy (non-hydrogen) atoms. The van der Waals surface area contributed by atoms with Crippen molar-refractivity contribution in [2.45, 2.75) is 29.4 Å². The second-order valence-corrected chi connectivity index (χ2v) is 9.11. The number of halogens is 13. The van der Waals surface area contributed by atoms with Gasteiger partial charge in [-0.15, -0.1) is 0 Å². The molecule has 0 saturated heterocycles. The van der Waals surface area contributed by atoms with E-state index >= 15 is 0 Å². The maximum Gasteiger partial charge on any atom is 0.512 e. The summed E-state index contributed by atoms with van der Waals surface area (Å²) in [5.41, 5.74) is -7.26. The van der Waals surface area contributed by atoms with Crippen molar-refractivity contribution in [3.05, 3.63) is 0 Å². The molecule has 0 bridgehead atoms. The molecule has 0 spiro atoms. The van der Waals surface area contributed by atoms with Gasteiger partial charge in [0, 0.05) is 0 Å². The van der Waals surface area contributed by atoms with Crippen LogP contribution in [0.25, 0.3) is 0 Å². The van der Waals surface area contributed by atoms with E-state index in [9.17, 15) is 73.9 Å². The van der Waals surface area contributed by atoms with Gasteiger partial charge in [-0.25, -0.2) is 16.8 Å². The maximum absolute atomic E-state index is 13.1. The van der Waals surface area contributed by atoms with Crippen molar-refractivity contribution in [2.24, 2.45) is 0 Å². The second-order valence-electron chi connectivity index (χ2n) is 3.68. The summed E-state index contributed by atoms with van der Waals surface area (Å²) in [6, 6.07) is -8.03. The van der Waals surface area contributed by atoms with Crippen molar-refractivity contribution in [2.75, 3.05) is 0 Å². The Morgan fingerprint density at radius 1 is 0.520 bits per heavy atom. The third-order valence-corrected chi connectivity index (χ3v) is 6.97. The first-order valence-corrected chi connectivity index (χ1v) is 8.10. The van der Waals surface area contributed by atoms with Crippen molar-refractivity contribution < 1.29 is 73.9 Å². The summed E-state index contributed by atoms with van der Waals surface area (Å²) in [4.78, 5) is -4.35. The lowest BCUT2D eigenvalue weighted by Gasteiger charge is -2.36. The van der Waals surface area contributed by atoms with Gasteiger partial charge in [0.1, 0.15) is 0 Å². The third-order valence-electron chi connectivity index (χ3n) is 2.02. The van der Waals surface area contributed by atoms with Gasteiger partial charge >= 0.3 is 47.1 Å². The fourth-order valence-electron chi connectivity index (χ4n) is 1.00. The van der Waals surface area contributed by atoms with E-state index in [2.05, 4.69) is 0 Å². The number of rotatable bonds is 4. The zero-order valence-electron chi connectivity index (χ0n) is 10.3. The molecule has 0 amide bonds. The molecule has 0 aliphatic carbocycles. The van der Waals surface area contributed by atoms with Crippen LogP contribution >= 0.6 is 0 Å². The Labute approximate surface area is 127 Å². The summed E-state index contributed by atoms with van der Waals surface area (Å²) < 4.78 is 202. The second kappa shape index (κ2) is 5.72. The minimum Gasteiger partial charge on any atom is -0.205 e. The van der Waals surface area contributed by atoms with Gasteiger partial charge in [0.15, 0.2) is 0 Å². The molecular weight excluding hydrogens is 449 g/mol. The van der Waals surface area contributed by atoms with E-state index in [1.165, 1.54) is 0 Å². The predicted octanol–water partition coefficient (Wildman–Crippen LogP) is 2.78. The first kappa shape index (κ1) is 23.9. The van der Waals surface area contributed by atoms with Crippen LogP contribution in [-0.4, -0.2) is 51.1 Å². The third kappa shape index (κ3) is 3.59. The van der Waals surface area contributed by atoms with Gasteiger partial charge in [-0.1, -0.05) is 4.90 Å². The van der Waals surface area contributed by atoms with Crippen molar-refractivity contribution in [3.63, 3.8) is 0 Å². The summed E-state index contributed by atoms with van der Waals surface area (Å²) in [6.07, 6.45) is -15.0. The van der Waals surface area contributed by atoms with Crippen LogP contribution in [0.15, 0.2) is 0 Å². The van der Waals surface area contributed by atoms with E-state index in [0.29, 0.717) is 0 Å². The molecule has 0 N–H and O–H groups in total. The molecule has 20 heteroatoms. The van der Waals surface area contributed by atoms with Gasteiger partial charge in [-0.2, -0.15) is 57.1 Å². The Hall–Kier alpha value is -1.05. The highest BCUT2D eigenvalue weighted by atomic mass is 33.2. The maximum atomic E-state index is 13.1. The molecule has 0 saturated carbocycles. The minimum atomic E-state index is -8.70. The number of hydrogen-bond donors (Lipinski definition) is 0. The first-order valence-electron chi connectivity index (χ1n) is 4.62. The molecule has 0 aromatic rings. The Kier molecular flexibility index (Phi) is 5.48. The molecular formula is C5F13NO4S2. The zero-order chi connectivity index (χ0) is 21.1. The van der Waals surface area contributed by atoms with E-state index in [-0.39, 0.29) is 0 Å². The summed E-state index contributed by atoms with van der Waals surface area (Å²) in [6.45, 7) is 0. The zero-order valence-corrected chi connectivity index (χ0v) is 11.9. The van der Waals surface area contributed by atoms with Crippen LogP contribution in [0.2, 0.25) is 0 Å². The molecule has 0 radical (unpaired) electrons. The van der Waals surface area contributed by atoms with Crippen molar-refractivity contribution in [3.8, 4) is 0 Å². The van der Waals surface area contributed by atoms with E-state index in [0.717, 1.165) is 0 Å². The van der Waals surface area contributed by atoms with E-state index in [1.54, 1.807) is 0 Å². The van der Waals surface area contributed by atoms with Crippen molar-refractivity contribution in [1.82, 2.24) is 4.90 Å². The van der Waals surface area contributed by atoms with Crippen LogP contribution in [0.1, 0.15) is 0 Å². The lowest BCUT2D eigenvalue weighted by Crippen LogP contribution is -2.67. The topological polar surface area (TPSA) is 71.5 Å². The fourth-order valence-corrected chi connectivity index (χ4v) is 3.80. The van der Waals surface area contributed by atoms with Gasteiger partial charge in [-0.05, 0) is 0 Å². The quantitative estimate of drug-likeness (QED) is 0.375. The average Bonchev–Trinajstić information content (AvgIpc) is 2.21. The van der Waals surface area contributed by atoms with Crippen LogP contribution in [0.4, 0.5) is 57.1 Å². The molecule has 0 aromatic heterocycles. The lowest BCUT2D eigenvalue weighted by molar-refractivity contribution is -0.459. The molecule has 0 heterocycles. The van der Waals surface area contributed by atoms with E-state index < -0.39 is 52.0 Å². The van der Waals surface area contributed by atoms with Gasteiger partial charge < -0.3 is 0 Å².